The second-order valence-corrected chi connectivity index (χ2v) is 9.71. The van der Waals surface area contributed by atoms with Crippen LogP contribution in [0.5, 0.6) is 0 Å². The standard InChI is InChI=1S/C21H24ClN3O3S/c1-4-5-18-15-24(29(27,28)19-10-11-20(22)23-14-19)12-13-25(18)17-8-6-16(7-9-17)21(2,3)26/h6-11,14,18,26H,12-13,15H2,1-3H3. The summed E-state index contributed by atoms with van der Waals surface area (Å²) in [6.45, 7) is 6.30. The maximum Gasteiger partial charge on any atom is 0.244 e. The first-order valence-electron chi connectivity index (χ1n) is 9.26. The third kappa shape index (κ3) is 4.73. The largest absolute Gasteiger partial charge is 0.386 e. The van der Waals surface area contributed by atoms with Gasteiger partial charge in [-0.1, -0.05) is 29.7 Å². The minimum absolute atomic E-state index is 0.119. The normalized spacial score (nSPS) is 18.2. The Labute approximate surface area is 177 Å². The van der Waals surface area contributed by atoms with E-state index in [0.29, 0.717) is 13.1 Å². The van der Waals surface area contributed by atoms with Crippen molar-refractivity contribution in [3.05, 3.63) is 53.3 Å². The molecule has 1 N–H and O–H groups in total. The molecule has 1 unspecified atom stereocenters. The van der Waals surface area contributed by atoms with Crippen LogP contribution in [-0.4, -0.2) is 48.5 Å². The summed E-state index contributed by atoms with van der Waals surface area (Å²) in [5, 5.41) is 10.4. The van der Waals surface area contributed by atoms with E-state index in [4.69, 9.17) is 11.6 Å². The maximum atomic E-state index is 13.0. The number of sulfonamides is 1. The lowest BCUT2D eigenvalue weighted by atomic mass is 9.98. The maximum absolute atomic E-state index is 13.0. The zero-order valence-electron chi connectivity index (χ0n) is 16.6. The van der Waals surface area contributed by atoms with Gasteiger partial charge in [-0.05, 0) is 50.6 Å². The second kappa shape index (κ2) is 8.33. The summed E-state index contributed by atoms with van der Waals surface area (Å²) in [5.74, 6) is 6.03. The fraction of sp³-hybridized carbons (Fsp3) is 0.381. The van der Waals surface area contributed by atoms with Gasteiger partial charge in [0.25, 0.3) is 0 Å². The number of rotatable bonds is 4. The minimum atomic E-state index is -3.68. The van der Waals surface area contributed by atoms with Gasteiger partial charge < -0.3 is 10.0 Å². The molecule has 3 rings (SSSR count). The fourth-order valence-electron chi connectivity index (χ4n) is 3.30. The first-order valence-corrected chi connectivity index (χ1v) is 11.1. The summed E-state index contributed by atoms with van der Waals surface area (Å²) in [6.07, 6.45) is 1.28. The van der Waals surface area contributed by atoms with E-state index in [0.717, 1.165) is 11.3 Å². The number of pyridine rings is 1. The molecule has 1 aromatic carbocycles. The number of hydrogen-bond donors (Lipinski definition) is 1. The SMILES string of the molecule is CC#CC1CN(S(=O)(=O)c2ccc(Cl)nc2)CCN1c1ccc(C(C)(C)O)cc1. The summed E-state index contributed by atoms with van der Waals surface area (Å²) in [5.41, 5.74) is 0.840. The predicted octanol–water partition coefficient (Wildman–Crippen LogP) is 2.87. The molecule has 1 aliphatic heterocycles. The molecule has 1 aliphatic rings. The van der Waals surface area contributed by atoms with Crippen LogP contribution in [0, 0.1) is 11.8 Å². The molecule has 6 nitrogen and oxygen atoms in total. The zero-order chi connectivity index (χ0) is 21.2. The van der Waals surface area contributed by atoms with Gasteiger partial charge in [0.05, 0.1) is 5.60 Å². The average Bonchev–Trinajstić information content (AvgIpc) is 2.68. The van der Waals surface area contributed by atoms with Gasteiger partial charge in [-0.2, -0.15) is 4.31 Å². The van der Waals surface area contributed by atoms with E-state index < -0.39 is 15.6 Å². The number of aromatic nitrogens is 1. The molecular formula is C21H24ClN3O3S. The van der Waals surface area contributed by atoms with Crippen molar-refractivity contribution in [1.29, 1.82) is 0 Å². The monoisotopic (exact) mass is 433 g/mol. The molecule has 0 radical (unpaired) electrons. The van der Waals surface area contributed by atoms with Crippen LogP contribution >= 0.6 is 11.6 Å². The Balaban J connectivity index is 1.84. The number of piperazine rings is 1. The molecule has 0 aliphatic carbocycles. The van der Waals surface area contributed by atoms with Gasteiger partial charge in [-0.3, -0.25) is 0 Å². The summed E-state index contributed by atoms with van der Waals surface area (Å²) in [7, 11) is -3.68. The lowest BCUT2D eigenvalue weighted by Crippen LogP contribution is -2.54. The lowest BCUT2D eigenvalue weighted by Gasteiger charge is -2.40. The Kier molecular flexibility index (Phi) is 6.20. The van der Waals surface area contributed by atoms with Crippen molar-refractivity contribution in [1.82, 2.24) is 9.29 Å². The van der Waals surface area contributed by atoms with Crippen LogP contribution < -0.4 is 4.90 Å². The third-order valence-corrected chi connectivity index (χ3v) is 6.97. The molecule has 1 atom stereocenters. The molecule has 2 aromatic rings. The topological polar surface area (TPSA) is 73.7 Å². The van der Waals surface area contributed by atoms with Gasteiger partial charge in [0.1, 0.15) is 16.1 Å². The predicted molar refractivity (Wildman–Crippen MR) is 114 cm³/mol. The van der Waals surface area contributed by atoms with Crippen LogP contribution in [-0.2, 0) is 15.6 Å². The Morgan fingerprint density at radius 2 is 1.86 bits per heavy atom. The summed E-state index contributed by atoms with van der Waals surface area (Å²) in [6, 6.07) is 10.3. The summed E-state index contributed by atoms with van der Waals surface area (Å²) < 4.78 is 27.4. The van der Waals surface area contributed by atoms with Gasteiger partial charge in [-0.15, -0.1) is 5.92 Å². The van der Waals surface area contributed by atoms with E-state index in [1.165, 1.54) is 22.6 Å². The molecule has 154 valence electrons. The minimum Gasteiger partial charge on any atom is -0.386 e. The van der Waals surface area contributed by atoms with Crippen molar-refractivity contribution in [2.45, 2.75) is 37.3 Å². The van der Waals surface area contributed by atoms with Crippen LogP contribution in [0.15, 0.2) is 47.5 Å². The quantitative estimate of drug-likeness (QED) is 0.592. The smallest absolute Gasteiger partial charge is 0.244 e. The van der Waals surface area contributed by atoms with Gasteiger partial charge in [0.15, 0.2) is 0 Å². The summed E-state index contributed by atoms with van der Waals surface area (Å²) in [4.78, 5) is 6.10. The van der Waals surface area contributed by atoms with E-state index in [1.54, 1.807) is 20.8 Å². The van der Waals surface area contributed by atoms with Crippen LogP contribution in [0.3, 0.4) is 0 Å². The number of halogens is 1. The molecule has 1 saturated heterocycles. The molecule has 1 fully saturated rings. The van der Waals surface area contributed by atoms with Crippen molar-refractivity contribution in [3.8, 4) is 11.8 Å². The lowest BCUT2D eigenvalue weighted by molar-refractivity contribution is 0.0786. The average molecular weight is 434 g/mol. The van der Waals surface area contributed by atoms with E-state index in [1.807, 2.05) is 24.3 Å². The van der Waals surface area contributed by atoms with Crippen molar-refractivity contribution in [3.63, 3.8) is 0 Å². The highest BCUT2D eigenvalue weighted by Gasteiger charge is 2.34. The molecular weight excluding hydrogens is 410 g/mol. The van der Waals surface area contributed by atoms with Crippen LogP contribution in [0.25, 0.3) is 0 Å². The molecule has 0 spiro atoms. The Bertz CT molecular complexity index is 1020. The Hall–Kier alpha value is -2.11. The van der Waals surface area contributed by atoms with Gasteiger partial charge in [0, 0.05) is 31.5 Å². The number of aliphatic hydroxyl groups is 1. The zero-order valence-corrected chi connectivity index (χ0v) is 18.2. The van der Waals surface area contributed by atoms with Crippen molar-refractivity contribution in [2.24, 2.45) is 0 Å². The van der Waals surface area contributed by atoms with Crippen molar-refractivity contribution >= 4 is 27.3 Å². The van der Waals surface area contributed by atoms with Crippen LogP contribution in [0.4, 0.5) is 5.69 Å². The molecule has 29 heavy (non-hydrogen) atoms. The first kappa shape index (κ1) is 21.6. The molecule has 8 heteroatoms. The van der Waals surface area contributed by atoms with E-state index >= 15 is 0 Å². The van der Waals surface area contributed by atoms with Crippen LogP contribution in [0.2, 0.25) is 5.15 Å². The number of benzene rings is 1. The number of anilines is 1. The Morgan fingerprint density at radius 3 is 2.41 bits per heavy atom. The van der Waals surface area contributed by atoms with Gasteiger partial charge in [-0.25, -0.2) is 13.4 Å². The van der Waals surface area contributed by atoms with E-state index in [-0.39, 0.29) is 22.6 Å². The second-order valence-electron chi connectivity index (χ2n) is 7.39. The molecule has 0 amide bonds. The highest BCUT2D eigenvalue weighted by molar-refractivity contribution is 7.89. The molecule has 0 saturated carbocycles. The van der Waals surface area contributed by atoms with Crippen molar-refractivity contribution < 1.29 is 13.5 Å². The van der Waals surface area contributed by atoms with E-state index in [2.05, 4.69) is 21.7 Å². The Morgan fingerprint density at radius 1 is 1.17 bits per heavy atom. The van der Waals surface area contributed by atoms with Crippen LogP contribution in [0.1, 0.15) is 26.3 Å². The van der Waals surface area contributed by atoms with Crippen molar-refractivity contribution in [2.75, 3.05) is 24.5 Å². The highest BCUT2D eigenvalue weighted by atomic mass is 35.5. The first-order chi connectivity index (χ1) is 13.6. The number of nitrogens with zero attached hydrogens (tertiary/aromatic N) is 3. The fourth-order valence-corrected chi connectivity index (χ4v) is 4.80. The number of hydrogen-bond acceptors (Lipinski definition) is 5. The van der Waals surface area contributed by atoms with Gasteiger partial charge >= 0.3 is 0 Å². The molecule has 0 bridgehead atoms. The molecule has 2 heterocycles. The van der Waals surface area contributed by atoms with Gasteiger partial charge in [0.2, 0.25) is 10.0 Å². The third-order valence-electron chi connectivity index (χ3n) is 4.90. The molecule has 1 aromatic heterocycles. The summed E-state index contributed by atoms with van der Waals surface area (Å²) >= 11 is 5.78. The highest BCUT2D eigenvalue weighted by Crippen LogP contribution is 2.27. The van der Waals surface area contributed by atoms with E-state index in [9.17, 15) is 13.5 Å².